The fraction of sp³-hybridized carbons (Fsp3) is 0.118. The van der Waals surface area contributed by atoms with E-state index in [1.165, 1.54) is 11.1 Å². The molecule has 0 saturated carbocycles. The summed E-state index contributed by atoms with van der Waals surface area (Å²) in [5.74, 6) is 0.674. The molecule has 0 atom stereocenters. The number of aromatic nitrogens is 3. The first kappa shape index (κ1) is 16.4. The van der Waals surface area contributed by atoms with Crippen LogP contribution in [0, 0.1) is 18.6 Å². The van der Waals surface area contributed by atoms with Crippen LogP contribution in [0.15, 0.2) is 48.5 Å². The minimum absolute atomic E-state index is 0.435. The lowest BCUT2D eigenvalue weighted by molar-refractivity contribution is 0.962. The third kappa shape index (κ3) is 3.69. The number of aryl methyl sites for hydroxylation is 2. The molecule has 2 aromatic carbocycles. The first-order valence-electron chi connectivity index (χ1n) is 7.42. The van der Waals surface area contributed by atoms with E-state index in [2.05, 4.69) is 20.9 Å². The van der Waals surface area contributed by atoms with Crippen molar-refractivity contribution in [2.24, 2.45) is 0 Å². The largest absolute Gasteiger partial charge is 0.331 e. The third-order valence-electron chi connectivity index (χ3n) is 3.50. The highest BCUT2D eigenvalue weighted by Crippen LogP contribution is 2.17. The monoisotopic (exact) mass is 355 g/mol. The summed E-state index contributed by atoms with van der Waals surface area (Å²) in [6.45, 7) is 4.08. The molecule has 3 aromatic rings. The summed E-state index contributed by atoms with van der Waals surface area (Å²) in [4.78, 5) is 0. The van der Waals surface area contributed by atoms with E-state index in [1.54, 1.807) is 4.68 Å². The lowest BCUT2D eigenvalue weighted by atomic mass is 10.1. The predicted octanol–water partition coefficient (Wildman–Crippen LogP) is 4.17. The molecule has 122 valence electrons. The smallest absolute Gasteiger partial charge is 0.215 e. The normalized spacial score (nSPS) is 10.4. The Morgan fingerprint density at radius 1 is 1.00 bits per heavy atom. The number of hydrogen-bond acceptors (Lipinski definition) is 3. The van der Waals surface area contributed by atoms with Gasteiger partial charge in [0.2, 0.25) is 4.77 Å². The molecule has 1 aromatic heterocycles. The van der Waals surface area contributed by atoms with Gasteiger partial charge in [0.15, 0.2) is 10.9 Å². The minimum atomic E-state index is 0.435. The van der Waals surface area contributed by atoms with Gasteiger partial charge in [-0.1, -0.05) is 47.5 Å². The molecule has 3 rings (SSSR count). The van der Waals surface area contributed by atoms with E-state index in [9.17, 15) is 0 Å². The van der Waals surface area contributed by atoms with Crippen molar-refractivity contribution < 1.29 is 0 Å². The molecule has 0 amide bonds. The van der Waals surface area contributed by atoms with E-state index in [0.29, 0.717) is 15.7 Å². The van der Waals surface area contributed by atoms with Crippen LogP contribution in [0.25, 0.3) is 11.4 Å². The summed E-state index contributed by atoms with van der Waals surface area (Å²) in [7, 11) is 0. The van der Waals surface area contributed by atoms with Crippen LogP contribution in [-0.2, 0) is 0 Å². The van der Waals surface area contributed by atoms with E-state index >= 15 is 0 Å². The van der Waals surface area contributed by atoms with Gasteiger partial charge < -0.3 is 5.32 Å². The SMILES string of the molecule is Cc1ccc(NC(=S)Nn2c(-c3ccc(C)cc3)n[nH]c2=S)cc1. The van der Waals surface area contributed by atoms with Gasteiger partial charge in [0.1, 0.15) is 0 Å². The molecule has 7 heteroatoms. The van der Waals surface area contributed by atoms with Gasteiger partial charge in [-0.25, -0.2) is 9.77 Å². The first-order chi connectivity index (χ1) is 11.5. The van der Waals surface area contributed by atoms with Crippen molar-refractivity contribution in [3.05, 3.63) is 64.4 Å². The quantitative estimate of drug-likeness (QED) is 0.616. The predicted molar refractivity (Wildman–Crippen MR) is 104 cm³/mol. The minimum Gasteiger partial charge on any atom is -0.331 e. The lowest BCUT2D eigenvalue weighted by Gasteiger charge is -2.13. The van der Waals surface area contributed by atoms with Crippen LogP contribution in [0.2, 0.25) is 0 Å². The number of benzene rings is 2. The second-order valence-corrected chi connectivity index (χ2v) is 6.28. The fourth-order valence-electron chi connectivity index (χ4n) is 2.19. The highest BCUT2D eigenvalue weighted by atomic mass is 32.1. The van der Waals surface area contributed by atoms with Crippen LogP contribution in [0.3, 0.4) is 0 Å². The summed E-state index contributed by atoms with van der Waals surface area (Å²) >= 11 is 10.7. The van der Waals surface area contributed by atoms with Crippen molar-refractivity contribution in [2.75, 3.05) is 10.7 Å². The molecule has 24 heavy (non-hydrogen) atoms. The van der Waals surface area contributed by atoms with Crippen molar-refractivity contribution in [1.82, 2.24) is 14.9 Å². The maximum atomic E-state index is 5.38. The van der Waals surface area contributed by atoms with E-state index < -0.39 is 0 Å². The average Bonchev–Trinajstić information content (AvgIpc) is 2.91. The molecule has 0 aliphatic carbocycles. The molecule has 1 heterocycles. The van der Waals surface area contributed by atoms with Crippen LogP contribution in [0.1, 0.15) is 11.1 Å². The van der Waals surface area contributed by atoms with Crippen molar-refractivity contribution >= 4 is 35.2 Å². The number of H-pyrrole nitrogens is 1. The zero-order valence-corrected chi connectivity index (χ0v) is 15.0. The number of nitrogens with zero attached hydrogens (tertiary/aromatic N) is 2. The Bertz CT molecular complexity index is 907. The topological polar surface area (TPSA) is 57.7 Å². The number of nitrogens with one attached hydrogen (secondary N) is 3. The van der Waals surface area contributed by atoms with Gasteiger partial charge in [-0.2, -0.15) is 5.10 Å². The zero-order valence-electron chi connectivity index (χ0n) is 13.3. The van der Waals surface area contributed by atoms with E-state index in [4.69, 9.17) is 24.4 Å². The van der Waals surface area contributed by atoms with Gasteiger partial charge in [0, 0.05) is 11.3 Å². The standard InChI is InChI=1S/C17H17N5S2/c1-11-3-7-13(8-4-11)15-19-20-17(24)22(15)21-16(23)18-14-9-5-12(2)6-10-14/h3-10H,1-2H3,(H,20,24)(H2,18,21,23). The van der Waals surface area contributed by atoms with Gasteiger partial charge in [0.05, 0.1) is 0 Å². The zero-order chi connectivity index (χ0) is 17.1. The number of anilines is 1. The van der Waals surface area contributed by atoms with E-state index in [0.717, 1.165) is 11.3 Å². The molecule has 0 spiro atoms. The summed E-state index contributed by atoms with van der Waals surface area (Å²) in [5.41, 5.74) is 7.30. The molecule has 0 radical (unpaired) electrons. The van der Waals surface area contributed by atoms with Gasteiger partial charge in [-0.05, 0) is 50.4 Å². The lowest BCUT2D eigenvalue weighted by Crippen LogP contribution is -2.28. The van der Waals surface area contributed by atoms with Crippen LogP contribution < -0.4 is 10.7 Å². The van der Waals surface area contributed by atoms with Crippen molar-refractivity contribution in [2.45, 2.75) is 13.8 Å². The maximum absolute atomic E-state index is 5.38. The van der Waals surface area contributed by atoms with Gasteiger partial charge in [0.25, 0.3) is 0 Å². The van der Waals surface area contributed by atoms with Gasteiger partial charge in [-0.3, -0.25) is 5.43 Å². The molecular formula is C17H17N5S2. The van der Waals surface area contributed by atoms with Crippen LogP contribution in [-0.4, -0.2) is 20.0 Å². The number of hydrogen-bond donors (Lipinski definition) is 3. The van der Waals surface area contributed by atoms with E-state index in [-0.39, 0.29) is 0 Å². The van der Waals surface area contributed by atoms with Crippen LogP contribution in [0.5, 0.6) is 0 Å². The Hall–Kier alpha value is -2.51. The molecular weight excluding hydrogens is 338 g/mol. The highest BCUT2D eigenvalue weighted by Gasteiger charge is 2.10. The van der Waals surface area contributed by atoms with Gasteiger partial charge >= 0.3 is 0 Å². The molecule has 0 aliphatic heterocycles. The molecule has 0 bridgehead atoms. The van der Waals surface area contributed by atoms with Crippen LogP contribution in [0.4, 0.5) is 5.69 Å². The Kier molecular flexibility index (Phi) is 4.73. The number of rotatable bonds is 3. The number of aromatic amines is 1. The fourth-order valence-corrected chi connectivity index (χ4v) is 2.58. The number of thiocarbonyl (C=S) groups is 1. The maximum Gasteiger partial charge on any atom is 0.215 e. The van der Waals surface area contributed by atoms with Crippen molar-refractivity contribution in [1.29, 1.82) is 0 Å². The molecule has 5 nitrogen and oxygen atoms in total. The van der Waals surface area contributed by atoms with Crippen LogP contribution >= 0.6 is 24.4 Å². The van der Waals surface area contributed by atoms with Crippen molar-refractivity contribution in [3.8, 4) is 11.4 Å². The molecule has 3 N–H and O–H groups in total. The molecule has 0 fully saturated rings. The van der Waals surface area contributed by atoms with E-state index in [1.807, 2.05) is 62.4 Å². The average molecular weight is 355 g/mol. The first-order valence-corrected chi connectivity index (χ1v) is 8.24. The summed E-state index contributed by atoms with van der Waals surface area (Å²) < 4.78 is 2.10. The van der Waals surface area contributed by atoms with Gasteiger partial charge in [-0.15, -0.1) is 0 Å². The molecule has 0 saturated heterocycles. The summed E-state index contributed by atoms with van der Waals surface area (Å²) in [5, 5.41) is 10.6. The highest BCUT2D eigenvalue weighted by molar-refractivity contribution is 7.80. The Labute approximate surface area is 150 Å². The second kappa shape index (κ2) is 6.94. The Morgan fingerprint density at radius 3 is 2.21 bits per heavy atom. The summed E-state index contributed by atoms with van der Waals surface area (Å²) in [6.07, 6.45) is 0. The Balaban J connectivity index is 1.81. The Morgan fingerprint density at radius 2 is 1.58 bits per heavy atom. The molecule has 0 aliphatic rings. The summed E-state index contributed by atoms with van der Waals surface area (Å²) in [6, 6.07) is 16.0. The van der Waals surface area contributed by atoms with Crippen molar-refractivity contribution in [3.63, 3.8) is 0 Å². The third-order valence-corrected chi connectivity index (χ3v) is 3.97. The molecule has 0 unspecified atom stereocenters. The second-order valence-electron chi connectivity index (χ2n) is 5.49.